The second kappa shape index (κ2) is 7.79. The average Bonchev–Trinajstić information content (AvgIpc) is 3.15. The molecule has 32 heavy (non-hydrogen) atoms. The van der Waals surface area contributed by atoms with Crippen molar-refractivity contribution in [2.75, 3.05) is 21.9 Å². The molecule has 0 aliphatic carbocycles. The van der Waals surface area contributed by atoms with E-state index in [9.17, 15) is 8.42 Å². The summed E-state index contributed by atoms with van der Waals surface area (Å²) in [5, 5.41) is 11.0. The molecule has 0 amide bonds. The number of benzene rings is 2. The van der Waals surface area contributed by atoms with Crippen molar-refractivity contribution in [2.24, 2.45) is 0 Å². The molecule has 0 radical (unpaired) electrons. The van der Waals surface area contributed by atoms with Crippen LogP contribution in [0.5, 0.6) is 0 Å². The van der Waals surface area contributed by atoms with Crippen molar-refractivity contribution in [1.29, 1.82) is 0 Å². The molecule has 3 heterocycles. The fraction of sp³-hybridized carbons (Fsp3) is 0.227. The minimum atomic E-state index is -3.70. The number of H-pyrrole nitrogens is 1. The SMILES string of the molecule is Cc1ccc(S(=O)(=O)N2CCC(Nc3nc(N)nc4[nH]ncc34)Cc3ccccc32)cc1. The molecule has 4 aromatic rings. The number of aromatic nitrogens is 4. The fourth-order valence-electron chi connectivity index (χ4n) is 4.05. The van der Waals surface area contributed by atoms with Crippen molar-refractivity contribution in [3.05, 3.63) is 65.9 Å². The third kappa shape index (κ3) is 3.62. The van der Waals surface area contributed by atoms with Gasteiger partial charge in [0.15, 0.2) is 5.65 Å². The number of nitrogens with two attached hydrogens (primary N) is 1. The van der Waals surface area contributed by atoms with E-state index in [1.165, 1.54) is 4.31 Å². The van der Waals surface area contributed by atoms with E-state index >= 15 is 0 Å². The Kier molecular flexibility index (Phi) is 4.93. The Morgan fingerprint density at radius 3 is 2.72 bits per heavy atom. The lowest BCUT2D eigenvalue weighted by Crippen LogP contribution is -2.33. The van der Waals surface area contributed by atoms with Gasteiger partial charge >= 0.3 is 0 Å². The van der Waals surface area contributed by atoms with Gasteiger partial charge in [-0.2, -0.15) is 15.1 Å². The van der Waals surface area contributed by atoms with Gasteiger partial charge in [-0.3, -0.25) is 9.40 Å². The topological polar surface area (TPSA) is 130 Å². The Bertz CT molecular complexity index is 1380. The zero-order valence-corrected chi connectivity index (χ0v) is 18.3. The Morgan fingerprint density at radius 2 is 1.91 bits per heavy atom. The first-order chi connectivity index (χ1) is 15.4. The van der Waals surface area contributed by atoms with Gasteiger partial charge in [0, 0.05) is 12.6 Å². The highest BCUT2D eigenvalue weighted by Crippen LogP contribution is 2.32. The maximum atomic E-state index is 13.5. The van der Waals surface area contributed by atoms with Gasteiger partial charge in [0.1, 0.15) is 5.82 Å². The van der Waals surface area contributed by atoms with E-state index in [1.807, 2.05) is 43.3 Å². The molecule has 9 nitrogen and oxygen atoms in total. The van der Waals surface area contributed by atoms with Crippen LogP contribution in [0.2, 0.25) is 0 Å². The molecule has 164 valence electrons. The lowest BCUT2D eigenvalue weighted by atomic mass is 10.0. The molecule has 1 aliphatic rings. The Hall–Kier alpha value is -3.66. The number of fused-ring (bicyclic) bond motifs is 2. The largest absolute Gasteiger partial charge is 0.368 e. The number of para-hydroxylation sites is 1. The summed E-state index contributed by atoms with van der Waals surface area (Å²) < 4.78 is 28.5. The number of nitrogens with one attached hydrogen (secondary N) is 2. The minimum Gasteiger partial charge on any atom is -0.368 e. The number of hydrogen-bond acceptors (Lipinski definition) is 7. The van der Waals surface area contributed by atoms with Gasteiger partial charge < -0.3 is 11.1 Å². The highest BCUT2D eigenvalue weighted by Gasteiger charge is 2.30. The van der Waals surface area contributed by atoms with Crippen molar-refractivity contribution < 1.29 is 8.42 Å². The molecule has 10 heteroatoms. The van der Waals surface area contributed by atoms with Crippen molar-refractivity contribution in [3.63, 3.8) is 0 Å². The lowest BCUT2D eigenvalue weighted by Gasteiger charge is -2.24. The predicted molar refractivity (Wildman–Crippen MR) is 124 cm³/mol. The van der Waals surface area contributed by atoms with Crippen LogP contribution in [-0.4, -0.2) is 41.2 Å². The summed E-state index contributed by atoms with van der Waals surface area (Å²) in [6, 6.07) is 14.5. The number of sulfonamides is 1. The van der Waals surface area contributed by atoms with Crippen LogP contribution in [0.1, 0.15) is 17.5 Å². The van der Waals surface area contributed by atoms with Crippen LogP contribution in [0.25, 0.3) is 11.0 Å². The van der Waals surface area contributed by atoms with Crippen LogP contribution in [-0.2, 0) is 16.4 Å². The van der Waals surface area contributed by atoms with E-state index in [-0.39, 0.29) is 16.9 Å². The van der Waals surface area contributed by atoms with Crippen LogP contribution in [0.3, 0.4) is 0 Å². The number of aromatic amines is 1. The fourth-order valence-corrected chi connectivity index (χ4v) is 5.57. The van der Waals surface area contributed by atoms with E-state index in [1.54, 1.807) is 18.3 Å². The highest BCUT2D eigenvalue weighted by atomic mass is 32.2. The summed E-state index contributed by atoms with van der Waals surface area (Å²) >= 11 is 0. The molecule has 0 bridgehead atoms. The molecule has 5 rings (SSSR count). The van der Waals surface area contributed by atoms with E-state index in [2.05, 4.69) is 25.5 Å². The van der Waals surface area contributed by atoms with Gasteiger partial charge in [0.2, 0.25) is 5.95 Å². The predicted octanol–water partition coefficient (Wildman–Crippen LogP) is 2.87. The highest BCUT2D eigenvalue weighted by molar-refractivity contribution is 7.92. The zero-order valence-electron chi connectivity index (χ0n) is 17.5. The van der Waals surface area contributed by atoms with E-state index in [4.69, 9.17) is 5.73 Å². The summed E-state index contributed by atoms with van der Waals surface area (Å²) in [4.78, 5) is 8.78. The second-order valence-electron chi connectivity index (χ2n) is 7.92. The first kappa shape index (κ1) is 20.3. The van der Waals surface area contributed by atoms with Gasteiger partial charge in [-0.15, -0.1) is 0 Å². The number of anilines is 3. The smallest absolute Gasteiger partial charge is 0.264 e. The zero-order chi connectivity index (χ0) is 22.3. The third-order valence-corrected chi connectivity index (χ3v) is 7.51. The van der Waals surface area contributed by atoms with Gasteiger partial charge in [0.05, 0.1) is 22.2 Å². The monoisotopic (exact) mass is 449 g/mol. The second-order valence-corrected chi connectivity index (χ2v) is 9.78. The van der Waals surface area contributed by atoms with Gasteiger partial charge in [-0.1, -0.05) is 35.9 Å². The molecular formula is C22H23N7O2S. The van der Waals surface area contributed by atoms with Crippen molar-refractivity contribution in [1.82, 2.24) is 20.2 Å². The van der Waals surface area contributed by atoms with E-state index in [0.717, 1.165) is 16.5 Å². The number of hydrogen-bond donors (Lipinski definition) is 3. The summed E-state index contributed by atoms with van der Waals surface area (Å²) in [6.45, 7) is 2.27. The molecule has 2 aromatic heterocycles. The number of nitrogens with zero attached hydrogens (tertiary/aromatic N) is 4. The third-order valence-electron chi connectivity index (χ3n) is 5.68. The van der Waals surface area contributed by atoms with Gasteiger partial charge in [-0.05, 0) is 43.5 Å². The van der Waals surface area contributed by atoms with Crippen LogP contribution in [0.4, 0.5) is 17.5 Å². The molecule has 2 aromatic carbocycles. The summed E-state index contributed by atoms with van der Waals surface area (Å²) in [5.74, 6) is 0.723. The average molecular weight is 450 g/mol. The van der Waals surface area contributed by atoms with Gasteiger partial charge in [-0.25, -0.2) is 8.42 Å². The maximum Gasteiger partial charge on any atom is 0.264 e. The summed E-state index contributed by atoms with van der Waals surface area (Å²) in [7, 11) is -3.70. The Labute approximate surface area is 185 Å². The summed E-state index contributed by atoms with van der Waals surface area (Å²) in [5.41, 5.74) is 9.07. The van der Waals surface area contributed by atoms with Gasteiger partial charge in [0.25, 0.3) is 10.0 Å². The van der Waals surface area contributed by atoms with Crippen molar-refractivity contribution in [2.45, 2.75) is 30.7 Å². The molecule has 0 saturated heterocycles. The lowest BCUT2D eigenvalue weighted by molar-refractivity contribution is 0.587. The molecular weight excluding hydrogens is 426 g/mol. The van der Waals surface area contributed by atoms with E-state index < -0.39 is 10.0 Å². The standard InChI is InChI=1S/C22H23N7O2S/c1-14-6-8-17(9-7-14)32(30,31)29-11-10-16(12-15-4-2-3-5-19(15)29)25-20-18-13-24-28-21(18)27-22(23)26-20/h2-9,13,16H,10-12H2,1H3,(H4,23,24,25,26,27,28). The maximum absolute atomic E-state index is 13.5. The first-order valence-corrected chi connectivity index (χ1v) is 11.8. The molecule has 0 spiro atoms. The number of aryl methyl sites for hydroxylation is 1. The molecule has 4 N–H and O–H groups in total. The Balaban J connectivity index is 1.49. The van der Waals surface area contributed by atoms with Crippen LogP contribution in [0, 0.1) is 6.92 Å². The van der Waals surface area contributed by atoms with E-state index in [0.29, 0.717) is 36.5 Å². The first-order valence-electron chi connectivity index (χ1n) is 10.3. The molecule has 1 atom stereocenters. The molecule has 0 fully saturated rings. The number of rotatable bonds is 4. The summed E-state index contributed by atoms with van der Waals surface area (Å²) in [6.07, 6.45) is 2.87. The van der Waals surface area contributed by atoms with Crippen LogP contribution < -0.4 is 15.4 Å². The Morgan fingerprint density at radius 1 is 1.12 bits per heavy atom. The molecule has 1 unspecified atom stereocenters. The quantitative estimate of drug-likeness (QED) is 0.437. The normalized spacial score (nSPS) is 16.5. The minimum absolute atomic E-state index is 0.0539. The van der Waals surface area contributed by atoms with Crippen molar-refractivity contribution in [3.8, 4) is 0 Å². The van der Waals surface area contributed by atoms with Crippen molar-refractivity contribution >= 4 is 38.5 Å². The van der Waals surface area contributed by atoms with Crippen LogP contribution in [0.15, 0.2) is 59.6 Å². The molecule has 1 aliphatic heterocycles. The molecule has 0 saturated carbocycles. The van der Waals surface area contributed by atoms with Crippen LogP contribution >= 0.6 is 0 Å². The number of nitrogen functional groups attached to an aromatic ring is 1.